The first-order chi connectivity index (χ1) is 32.5. The quantitative estimate of drug-likeness (QED) is 0.111. The lowest BCUT2D eigenvalue weighted by molar-refractivity contribution is -0.169. The SMILES string of the molecule is CC.CCN=C1N[C@H]2[C@H](O)[C@@H](O)[C@H](CO)C[C@H]2S1.CCN=C1N[C@H]2[C@H](O)[C@@H](O)[C@H](CO)C[C@H]2S1.N[C@H]1[C@H](OCc2ccccc2)[C@@H](OCc2ccccc2)[C@H](COCc2ccccc2)C[C@@H]1O. The van der Waals surface area contributed by atoms with E-state index >= 15 is 0 Å². The second-order valence-electron chi connectivity index (χ2n) is 17.2. The van der Waals surface area contributed by atoms with Crippen LogP contribution in [0.15, 0.2) is 101 Å². The molecule has 8 rings (SSSR count). The van der Waals surface area contributed by atoms with Crippen LogP contribution in [-0.4, -0.2) is 150 Å². The third-order valence-corrected chi connectivity index (χ3v) is 15.1. The third-order valence-electron chi connectivity index (χ3n) is 12.6. The van der Waals surface area contributed by atoms with Crippen LogP contribution >= 0.6 is 23.5 Å². The molecule has 0 unspecified atom stereocenters. The van der Waals surface area contributed by atoms with Crippen molar-refractivity contribution in [2.24, 2.45) is 33.5 Å². The number of aliphatic imine (C=N–C) groups is 2. The predicted octanol–water partition coefficient (Wildman–Crippen LogP) is 3.45. The van der Waals surface area contributed by atoms with Gasteiger partial charge in [-0.3, -0.25) is 9.98 Å². The fourth-order valence-electron chi connectivity index (χ4n) is 8.99. The predicted molar refractivity (Wildman–Crippen MR) is 267 cm³/mol. The first kappa shape index (κ1) is 54.8. The molecule has 2 aliphatic heterocycles. The summed E-state index contributed by atoms with van der Waals surface area (Å²) in [6.45, 7) is 11.0. The van der Waals surface area contributed by atoms with Crippen molar-refractivity contribution in [2.75, 3.05) is 32.9 Å². The lowest BCUT2D eigenvalue weighted by Gasteiger charge is -2.43. The fourth-order valence-corrected chi connectivity index (χ4v) is 11.8. The van der Waals surface area contributed by atoms with Crippen molar-refractivity contribution in [3.05, 3.63) is 108 Å². The number of thioether (sulfide) groups is 2. The molecule has 0 bridgehead atoms. The van der Waals surface area contributed by atoms with Gasteiger partial charge in [-0.1, -0.05) is 128 Å². The van der Waals surface area contributed by atoms with Gasteiger partial charge in [-0.25, -0.2) is 0 Å². The van der Waals surface area contributed by atoms with Gasteiger partial charge in [0.1, 0.15) is 18.3 Å². The lowest BCUT2D eigenvalue weighted by Crippen LogP contribution is -2.60. The van der Waals surface area contributed by atoms with Gasteiger partial charge in [-0.15, -0.1) is 0 Å². The summed E-state index contributed by atoms with van der Waals surface area (Å²) in [5.74, 6) is -0.494. The van der Waals surface area contributed by atoms with Crippen molar-refractivity contribution < 1.29 is 50.0 Å². The number of nitrogens with zero attached hydrogens (tertiary/aromatic N) is 2. The average molecular weight is 970 g/mol. The number of benzene rings is 3. The topological polar surface area (TPSA) is 244 Å². The number of aliphatic hydroxyl groups is 7. The maximum Gasteiger partial charge on any atom is 0.157 e. The minimum absolute atomic E-state index is 0.0343. The summed E-state index contributed by atoms with van der Waals surface area (Å²) in [6, 6.07) is 29.3. The molecule has 5 fully saturated rings. The van der Waals surface area contributed by atoms with E-state index in [4.69, 9.17) is 30.2 Å². The number of nitrogens with two attached hydrogens (primary N) is 1. The monoisotopic (exact) mass is 969 g/mol. The molecule has 0 radical (unpaired) electrons. The highest BCUT2D eigenvalue weighted by molar-refractivity contribution is 8.15. The standard InChI is InChI=1S/C28H33NO4.2C10H18N2O3S.C2H6/c29-26-25(30)16-24(20-31-17-21-10-4-1-5-11-21)27(32-18-22-12-6-2-7-13-22)28(26)33-19-23-14-8-3-9-15-23;2*1-2-11-10-12-7-6(16-10)3-5(4-13)8(14)9(7)15;1-2/h1-15,24-28,30H,16-20,29H2;2*5-9,13-15H,2-4H2,1H3,(H,11,12);1-2H3/t24-,25-,26+,27-,28-;2*5-,6+,7+,8-,9-;/m000./s1. The highest BCUT2D eigenvalue weighted by atomic mass is 32.2. The van der Waals surface area contributed by atoms with E-state index in [0.717, 1.165) is 27.0 Å². The minimum Gasteiger partial charge on any atom is -0.396 e. The summed E-state index contributed by atoms with van der Waals surface area (Å²) in [4.78, 5) is 8.54. The van der Waals surface area contributed by atoms with E-state index in [0.29, 0.717) is 58.8 Å². The van der Waals surface area contributed by atoms with Crippen LogP contribution in [-0.2, 0) is 34.0 Å². The molecule has 2 heterocycles. The van der Waals surface area contributed by atoms with Crippen molar-refractivity contribution in [2.45, 2.75) is 138 Å². The van der Waals surface area contributed by atoms with E-state index in [1.54, 1.807) is 23.5 Å². The third kappa shape index (κ3) is 15.4. The molecular formula is C50H75N5O10S2. The highest BCUT2D eigenvalue weighted by Crippen LogP contribution is 2.39. The summed E-state index contributed by atoms with van der Waals surface area (Å²) in [5, 5.41) is 76.8. The second-order valence-corrected chi connectivity index (χ2v) is 19.7. The molecule has 67 heavy (non-hydrogen) atoms. The number of rotatable bonds is 14. The Kier molecular flexibility index (Phi) is 23.3. The number of nitrogens with one attached hydrogen (secondary N) is 2. The summed E-state index contributed by atoms with van der Waals surface area (Å²) in [5.41, 5.74) is 9.69. The summed E-state index contributed by atoms with van der Waals surface area (Å²) < 4.78 is 18.7. The van der Waals surface area contributed by atoms with E-state index in [1.807, 2.05) is 119 Å². The largest absolute Gasteiger partial charge is 0.396 e. The number of fused-ring (bicyclic) bond motifs is 2. The zero-order valence-corrected chi connectivity index (χ0v) is 40.9. The van der Waals surface area contributed by atoms with Crippen LogP contribution in [0.5, 0.6) is 0 Å². The molecule has 5 aliphatic rings. The molecule has 17 heteroatoms. The Morgan fingerprint density at radius 1 is 0.567 bits per heavy atom. The van der Waals surface area contributed by atoms with Gasteiger partial charge in [0.15, 0.2) is 10.3 Å². The first-order valence-corrected chi connectivity index (χ1v) is 25.6. The zero-order valence-electron chi connectivity index (χ0n) is 39.2. The van der Waals surface area contributed by atoms with Crippen molar-refractivity contribution in [3.8, 4) is 0 Å². The first-order valence-electron chi connectivity index (χ1n) is 23.8. The van der Waals surface area contributed by atoms with Crippen LogP contribution in [0.1, 0.15) is 63.6 Å². The normalized spacial score (nSPS) is 34.2. The van der Waals surface area contributed by atoms with E-state index in [2.05, 4.69) is 20.6 Å². The maximum atomic E-state index is 10.7. The van der Waals surface area contributed by atoms with Crippen molar-refractivity contribution >= 4 is 33.9 Å². The Labute approximate surface area is 405 Å². The maximum absolute atomic E-state index is 10.7. The molecule has 0 amide bonds. The van der Waals surface area contributed by atoms with Crippen LogP contribution in [0.25, 0.3) is 0 Å². The average Bonchev–Trinajstić information content (AvgIpc) is 3.97. The zero-order chi connectivity index (χ0) is 48.3. The molecule has 372 valence electrons. The lowest BCUT2D eigenvalue weighted by atomic mass is 9.79. The van der Waals surface area contributed by atoms with E-state index < -0.39 is 42.7 Å². The van der Waals surface area contributed by atoms with Crippen molar-refractivity contribution in [3.63, 3.8) is 0 Å². The van der Waals surface area contributed by atoms with Gasteiger partial charge >= 0.3 is 0 Å². The fraction of sp³-hybridized carbons (Fsp3) is 0.600. The highest BCUT2D eigenvalue weighted by Gasteiger charge is 2.49. The number of hydrogen-bond donors (Lipinski definition) is 10. The molecule has 11 N–H and O–H groups in total. The number of hydrogen-bond acceptors (Lipinski definition) is 15. The van der Waals surface area contributed by atoms with E-state index in [9.17, 15) is 25.5 Å². The van der Waals surface area contributed by atoms with Crippen molar-refractivity contribution in [1.29, 1.82) is 0 Å². The van der Waals surface area contributed by atoms with Crippen LogP contribution in [0.2, 0.25) is 0 Å². The van der Waals surface area contributed by atoms with Crippen molar-refractivity contribution in [1.82, 2.24) is 10.6 Å². The van der Waals surface area contributed by atoms with Crippen LogP contribution in [0, 0.1) is 17.8 Å². The molecule has 3 saturated carbocycles. The molecule has 0 spiro atoms. The Hall–Kier alpha value is -3.14. The second kappa shape index (κ2) is 28.5. The molecular weight excluding hydrogens is 895 g/mol. The number of ether oxygens (including phenoxy) is 3. The van der Waals surface area contributed by atoms with E-state index in [-0.39, 0.29) is 59.7 Å². The van der Waals surface area contributed by atoms with Crippen LogP contribution in [0.4, 0.5) is 0 Å². The molecule has 3 aromatic carbocycles. The van der Waals surface area contributed by atoms with Gasteiger partial charge in [0.05, 0.1) is 69.0 Å². The van der Waals surface area contributed by atoms with Gasteiger partial charge in [-0.2, -0.15) is 0 Å². The molecule has 15 atom stereocenters. The summed E-state index contributed by atoms with van der Waals surface area (Å²) >= 11 is 3.20. The Morgan fingerprint density at radius 3 is 1.37 bits per heavy atom. The molecule has 3 aliphatic carbocycles. The molecule has 15 nitrogen and oxygen atoms in total. The van der Waals surface area contributed by atoms with E-state index in [1.165, 1.54) is 0 Å². The number of aliphatic hydroxyl groups excluding tert-OH is 7. The van der Waals surface area contributed by atoms with Gasteiger partial charge in [0, 0.05) is 54.6 Å². The minimum atomic E-state index is -0.847. The van der Waals surface area contributed by atoms with Crippen LogP contribution in [0.3, 0.4) is 0 Å². The summed E-state index contributed by atoms with van der Waals surface area (Å²) in [7, 11) is 0. The van der Waals surface area contributed by atoms with Crippen LogP contribution < -0.4 is 16.4 Å². The Morgan fingerprint density at radius 2 is 0.970 bits per heavy atom. The van der Waals surface area contributed by atoms with Gasteiger partial charge < -0.3 is 66.3 Å². The van der Waals surface area contributed by atoms with Gasteiger partial charge in [-0.05, 0) is 49.8 Å². The Bertz CT molecular complexity index is 1840. The van der Waals surface area contributed by atoms with Gasteiger partial charge in [0.2, 0.25) is 0 Å². The molecule has 3 aromatic rings. The van der Waals surface area contributed by atoms with Gasteiger partial charge in [0.25, 0.3) is 0 Å². The molecule has 2 saturated heterocycles. The number of amidine groups is 2. The Balaban J connectivity index is 0.000000206. The summed E-state index contributed by atoms with van der Waals surface area (Å²) in [6.07, 6.45) is -2.82. The molecule has 0 aromatic heterocycles. The smallest absolute Gasteiger partial charge is 0.157 e.